The van der Waals surface area contributed by atoms with Crippen LogP contribution in [-0.4, -0.2) is 45.8 Å². The van der Waals surface area contributed by atoms with Crippen molar-refractivity contribution in [3.63, 3.8) is 0 Å². The first-order valence-corrected chi connectivity index (χ1v) is 8.42. The van der Waals surface area contributed by atoms with E-state index in [0.29, 0.717) is 6.04 Å². The molecule has 0 radical (unpaired) electrons. The number of thiazole rings is 1. The lowest BCUT2D eigenvalue weighted by atomic mass is 10.1. The highest BCUT2D eigenvalue weighted by Gasteiger charge is 2.34. The largest absolute Gasteiger partial charge is 0.504 e. The molecule has 6 heteroatoms. The summed E-state index contributed by atoms with van der Waals surface area (Å²) in [7, 11) is 0. The van der Waals surface area contributed by atoms with Gasteiger partial charge in [-0.2, -0.15) is 0 Å². The molecule has 22 heavy (non-hydrogen) atoms. The van der Waals surface area contributed by atoms with Gasteiger partial charge in [-0.3, -0.25) is 4.90 Å². The van der Waals surface area contributed by atoms with Crippen LogP contribution in [0.2, 0.25) is 0 Å². The van der Waals surface area contributed by atoms with Gasteiger partial charge in [0.25, 0.3) is 0 Å². The first-order valence-electron chi connectivity index (χ1n) is 7.54. The molecule has 2 atom stereocenters. The van der Waals surface area contributed by atoms with Crippen molar-refractivity contribution in [3.8, 4) is 22.8 Å². The Morgan fingerprint density at radius 3 is 3.05 bits per heavy atom. The van der Waals surface area contributed by atoms with E-state index < -0.39 is 0 Å². The number of ether oxygens (including phenoxy) is 1. The fraction of sp³-hybridized carbons (Fsp3) is 0.438. The molecule has 5 nitrogen and oxygen atoms in total. The van der Waals surface area contributed by atoms with Crippen LogP contribution < -0.4 is 0 Å². The van der Waals surface area contributed by atoms with Crippen molar-refractivity contribution in [2.75, 3.05) is 19.7 Å². The minimum atomic E-state index is -0.124. The molecule has 4 rings (SSSR count). The van der Waals surface area contributed by atoms with E-state index in [1.165, 1.54) is 25.0 Å². The number of rotatable bonds is 2. The van der Waals surface area contributed by atoms with Gasteiger partial charge in [-0.25, -0.2) is 4.98 Å². The Labute approximate surface area is 132 Å². The second kappa shape index (κ2) is 5.53. The lowest BCUT2D eigenvalue weighted by Crippen LogP contribution is -2.42. The monoisotopic (exact) mass is 318 g/mol. The quantitative estimate of drug-likeness (QED) is 0.834. The third kappa shape index (κ3) is 2.47. The van der Waals surface area contributed by atoms with Gasteiger partial charge in [-0.1, -0.05) is 0 Å². The van der Waals surface area contributed by atoms with Gasteiger partial charge >= 0.3 is 0 Å². The molecule has 0 bridgehead atoms. The molecule has 116 valence electrons. The van der Waals surface area contributed by atoms with Crippen molar-refractivity contribution in [2.24, 2.45) is 0 Å². The number of benzene rings is 1. The van der Waals surface area contributed by atoms with E-state index in [-0.39, 0.29) is 17.6 Å². The van der Waals surface area contributed by atoms with E-state index in [2.05, 4.69) is 9.88 Å². The average molecular weight is 318 g/mol. The minimum Gasteiger partial charge on any atom is -0.504 e. The molecule has 0 saturated carbocycles. The number of hydrogen-bond acceptors (Lipinski definition) is 6. The lowest BCUT2D eigenvalue weighted by molar-refractivity contribution is -0.0502. The van der Waals surface area contributed by atoms with E-state index in [4.69, 9.17) is 4.74 Å². The van der Waals surface area contributed by atoms with Crippen molar-refractivity contribution in [1.82, 2.24) is 9.88 Å². The van der Waals surface area contributed by atoms with Crippen LogP contribution in [0.25, 0.3) is 11.3 Å². The number of fused-ring (bicyclic) bond motifs is 1. The van der Waals surface area contributed by atoms with Crippen molar-refractivity contribution in [1.29, 1.82) is 0 Å². The number of morpholine rings is 1. The van der Waals surface area contributed by atoms with Crippen LogP contribution in [-0.2, 0) is 4.74 Å². The third-order valence-corrected chi connectivity index (χ3v) is 5.39. The number of nitrogens with zero attached hydrogens (tertiary/aromatic N) is 2. The minimum absolute atomic E-state index is 0.0406. The van der Waals surface area contributed by atoms with Crippen LogP contribution in [0.15, 0.2) is 23.6 Å². The van der Waals surface area contributed by atoms with E-state index in [9.17, 15) is 10.2 Å². The molecule has 1 aromatic carbocycles. The van der Waals surface area contributed by atoms with Gasteiger partial charge in [-0.05, 0) is 37.6 Å². The summed E-state index contributed by atoms with van der Waals surface area (Å²) in [6.45, 7) is 2.87. The van der Waals surface area contributed by atoms with E-state index >= 15 is 0 Å². The lowest BCUT2D eigenvalue weighted by Gasteiger charge is -2.34. The summed E-state index contributed by atoms with van der Waals surface area (Å²) < 4.78 is 5.99. The second-order valence-corrected chi connectivity index (χ2v) is 6.78. The van der Waals surface area contributed by atoms with Gasteiger partial charge in [0.2, 0.25) is 0 Å². The molecular weight excluding hydrogens is 300 g/mol. The topological polar surface area (TPSA) is 65.8 Å². The maximum atomic E-state index is 9.61. The van der Waals surface area contributed by atoms with Crippen LogP contribution in [0.4, 0.5) is 0 Å². The van der Waals surface area contributed by atoms with Crippen LogP contribution in [0, 0.1) is 0 Å². The predicted molar refractivity (Wildman–Crippen MR) is 84.2 cm³/mol. The number of phenolic OH excluding ortho intramolecular Hbond substituents is 2. The SMILES string of the molecule is Oc1ccc(-c2csc([C@H]3CN4CCC[C@H]4CO3)n2)cc1O. The molecule has 2 aliphatic rings. The summed E-state index contributed by atoms with van der Waals surface area (Å²) in [5, 5.41) is 22.0. The molecule has 2 aliphatic heterocycles. The van der Waals surface area contributed by atoms with Crippen molar-refractivity contribution >= 4 is 11.3 Å². The normalized spacial score (nSPS) is 25.3. The molecule has 0 spiro atoms. The highest BCUT2D eigenvalue weighted by atomic mass is 32.1. The molecule has 0 aliphatic carbocycles. The molecule has 2 aromatic rings. The van der Waals surface area contributed by atoms with Gasteiger partial charge in [0.1, 0.15) is 11.1 Å². The molecule has 3 heterocycles. The van der Waals surface area contributed by atoms with Gasteiger partial charge in [0.15, 0.2) is 11.5 Å². The summed E-state index contributed by atoms with van der Waals surface area (Å²) >= 11 is 1.59. The van der Waals surface area contributed by atoms with Crippen LogP contribution in [0.3, 0.4) is 0 Å². The zero-order valence-corrected chi connectivity index (χ0v) is 12.9. The number of aromatic nitrogens is 1. The van der Waals surface area contributed by atoms with Crippen LogP contribution >= 0.6 is 11.3 Å². The fourth-order valence-electron chi connectivity index (χ4n) is 3.22. The number of hydrogen-bond donors (Lipinski definition) is 2. The Hall–Kier alpha value is -1.63. The predicted octanol–water partition coefficient (Wildman–Crippen LogP) is 2.76. The molecule has 2 N–H and O–H groups in total. The fourth-order valence-corrected chi connectivity index (χ4v) is 4.08. The Morgan fingerprint density at radius 2 is 2.18 bits per heavy atom. The number of phenols is 2. The first-order chi connectivity index (χ1) is 10.7. The first kappa shape index (κ1) is 14.0. The number of aromatic hydroxyl groups is 2. The average Bonchev–Trinajstić information content (AvgIpc) is 3.17. The summed E-state index contributed by atoms with van der Waals surface area (Å²) in [5.41, 5.74) is 1.61. The highest BCUT2D eigenvalue weighted by molar-refractivity contribution is 7.10. The highest BCUT2D eigenvalue weighted by Crippen LogP contribution is 2.35. The zero-order valence-electron chi connectivity index (χ0n) is 12.1. The van der Waals surface area contributed by atoms with E-state index in [1.54, 1.807) is 17.4 Å². The van der Waals surface area contributed by atoms with Gasteiger partial charge in [0.05, 0.1) is 12.3 Å². The van der Waals surface area contributed by atoms with Crippen LogP contribution in [0.5, 0.6) is 11.5 Å². The molecule has 1 aromatic heterocycles. The van der Waals surface area contributed by atoms with Gasteiger partial charge < -0.3 is 14.9 Å². The molecule has 2 fully saturated rings. The van der Waals surface area contributed by atoms with Crippen molar-refractivity contribution in [3.05, 3.63) is 28.6 Å². The Morgan fingerprint density at radius 1 is 1.27 bits per heavy atom. The molecule has 0 unspecified atom stereocenters. The van der Waals surface area contributed by atoms with Crippen LogP contribution in [0.1, 0.15) is 24.0 Å². The Kier molecular flexibility index (Phi) is 3.52. The summed E-state index contributed by atoms with van der Waals surface area (Å²) in [6, 6.07) is 5.36. The van der Waals surface area contributed by atoms with Crippen molar-refractivity contribution < 1.29 is 14.9 Å². The zero-order chi connectivity index (χ0) is 15.1. The Bertz CT molecular complexity index is 688. The molecule has 2 saturated heterocycles. The van der Waals surface area contributed by atoms with E-state index in [1.807, 2.05) is 5.38 Å². The third-order valence-electron chi connectivity index (χ3n) is 4.46. The summed E-state index contributed by atoms with van der Waals surface area (Å²) in [5.74, 6) is -0.240. The second-order valence-electron chi connectivity index (χ2n) is 5.89. The summed E-state index contributed by atoms with van der Waals surface area (Å²) in [4.78, 5) is 7.16. The van der Waals surface area contributed by atoms with Crippen molar-refractivity contribution in [2.45, 2.75) is 25.0 Å². The summed E-state index contributed by atoms with van der Waals surface area (Å²) in [6.07, 6.45) is 2.54. The maximum absolute atomic E-state index is 9.61. The molecule has 0 amide bonds. The standard InChI is InChI=1S/C16H18N2O3S/c19-13-4-3-10(6-14(13)20)12-9-22-16(17-12)15-7-18-5-1-2-11(18)8-21-15/h3-4,6,9,11,15,19-20H,1-2,5,7-8H2/t11-,15+/m0/s1. The smallest absolute Gasteiger partial charge is 0.158 e. The van der Waals surface area contributed by atoms with E-state index in [0.717, 1.165) is 36.0 Å². The van der Waals surface area contributed by atoms with Gasteiger partial charge in [0, 0.05) is 23.5 Å². The Balaban J connectivity index is 1.55. The maximum Gasteiger partial charge on any atom is 0.158 e. The molecular formula is C16H18N2O3S. The van der Waals surface area contributed by atoms with Gasteiger partial charge in [-0.15, -0.1) is 11.3 Å².